The van der Waals surface area contributed by atoms with E-state index in [9.17, 15) is 0 Å². The Morgan fingerprint density at radius 1 is 1.29 bits per heavy atom. The van der Waals surface area contributed by atoms with E-state index in [2.05, 4.69) is 38.1 Å². The average Bonchev–Trinajstić information content (AvgIpc) is 2.99. The number of alkyl halides is 1. The monoisotopic (exact) mass is 208 g/mol. The van der Waals surface area contributed by atoms with Gasteiger partial charge in [0.15, 0.2) is 0 Å². The third kappa shape index (κ3) is 1.68. The lowest BCUT2D eigenvalue weighted by Gasteiger charge is -2.20. The largest absolute Gasteiger partial charge is 0.117 e. The van der Waals surface area contributed by atoms with E-state index in [-0.39, 0.29) is 5.38 Å². The highest BCUT2D eigenvalue weighted by atomic mass is 35.5. The highest BCUT2D eigenvalue weighted by Gasteiger charge is 2.47. The van der Waals surface area contributed by atoms with Gasteiger partial charge in [-0.25, -0.2) is 0 Å². The Morgan fingerprint density at radius 3 is 2.29 bits per heavy atom. The van der Waals surface area contributed by atoms with Crippen LogP contribution in [0.1, 0.15) is 42.7 Å². The summed E-state index contributed by atoms with van der Waals surface area (Å²) >= 11 is 6.51. The van der Waals surface area contributed by atoms with Crippen molar-refractivity contribution < 1.29 is 0 Å². The fourth-order valence-corrected chi connectivity index (χ4v) is 2.55. The second-order valence-electron chi connectivity index (χ2n) is 4.49. The van der Waals surface area contributed by atoms with Gasteiger partial charge in [0.2, 0.25) is 0 Å². The SMILES string of the molecule is CCC1(C(Cl)c2ccc(C)cc2)CC1. The summed E-state index contributed by atoms with van der Waals surface area (Å²) in [5.41, 5.74) is 3.01. The highest BCUT2D eigenvalue weighted by molar-refractivity contribution is 6.21. The smallest absolute Gasteiger partial charge is 0.0641 e. The zero-order chi connectivity index (χ0) is 10.2. The Balaban J connectivity index is 2.19. The molecule has 1 aliphatic carbocycles. The average molecular weight is 209 g/mol. The van der Waals surface area contributed by atoms with Crippen molar-refractivity contribution in [1.29, 1.82) is 0 Å². The highest BCUT2D eigenvalue weighted by Crippen LogP contribution is 2.60. The molecule has 76 valence electrons. The molecular formula is C13H17Cl. The Labute approximate surface area is 91.3 Å². The van der Waals surface area contributed by atoms with Crippen LogP contribution in [0.4, 0.5) is 0 Å². The molecule has 0 amide bonds. The van der Waals surface area contributed by atoms with Crippen molar-refractivity contribution in [3.8, 4) is 0 Å². The van der Waals surface area contributed by atoms with Crippen LogP contribution in [0.5, 0.6) is 0 Å². The van der Waals surface area contributed by atoms with Crippen molar-refractivity contribution >= 4 is 11.6 Å². The van der Waals surface area contributed by atoms with Crippen LogP contribution in [0, 0.1) is 12.3 Å². The molecule has 0 aromatic heterocycles. The molecule has 0 aliphatic heterocycles. The molecule has 0 spiro atoms. The van der Waals surface area contributed by atoms with Crippen molar-refractivity contribution in [1.82, 2.24) is 0 Å². The molecule has 1 heteroatoms. The van der Waals surface area contributed by atoms with Gasteiger partial charge in [0, 0.05) is 0 Å². The topological polar surface area (TPSA) is 0 Å². The van der Waals surface area contributed by atoms with Gasteiger partial charge in [-0.2, -0.15) is 0 Å². The van der Waals surface area contributed by atoms with Crippen molar-refractivity contribution in [2.75, 3.05) is 0 Å². The van der Waals surface area contributed by atoms with Gasteiger partial charge in [-0.15, -0.1) is 11.6 Å². The van der Waals surface area contributed by atoms with Crippen LogP contribution in [0.25, 0.3) is 0 Å². The first-order valence-corrected chi connectivity index (χ1v) is 5.82. The molecule has 0 radical (unpaired) electrons. The second-order valence-corrected chi connectivity index (χ2v) is 4.93. The number of hydrogen-bond acceptors (Lipinski definition) is 0. The molecule has 14 heavy (non-hydrogen) atoms. The molecule has 1 atom stereocenters. The quantitative estimate of drug-likeness (QED) is 0.644. The number of hydrogen-bond donors (Lipinski definition) is 0. The molecule has 0 heterocycles. The summed E-state index contributed by atoms with van der Waals surface area (Å²) in [6, 6.07) is 8.64. The molecule has 0 bridgehead atoms. The van der Waals surface area contributed by atoms with E-state index < -0.39 is 0 Å². The van der Waals surface area contributed by atoms with Crippen LogP contribution in [0.3, 0.4) is 0 Å². The van der Waals surface area contributed by atoms with E-state index in [0.717, 1.165) is 0 Å². The predicted octanol–water partition coefficient (Wildman–Crippen LogP) is 4.47. The van der Waals surface area contributed by atoms with Gasteiger partial charge in [-0.05, 0) is 37.2 Å². The second kappa shape index (κ2) is 3.58. The predicted molar refractivity (Wildman–Crippen MR) is 61.7 cm³/mol. The van der Waals surface area contributed by atoms with Crippen LogP contribution >= 0.6 is 11.6 Å². The summed E-state index contributed by atoms with van der Waals surface area (Å²) in [7, 11) is 0. The zero-order valence-electron chi connectivity index (χ0n) is 8.89. The molecule has 1 unspecified atom stereocenters. The summed E-state index contributed by atoms with van der Waals surface area (Å²) in [4.78, 5) is 0. The van der Waals surface area contributed by atoms with Crippen molar-refractivity contribution in [3.05, 3.63) is 35.4 Å². The number of rotatable bonds is 3. The first-order chi connectivity index (χ1) is 6.68. The van der Waals surface area contributed by atoms with Crippen LogP contribution in [-0.2, 0) is 0 Å². The minimum Gasteiger partial charge on any atom is -0.117 e. The Morgan fingerprint density at radius 2 is 1.86 bits per heavy atom. The molecule has 1 saturated carbocycles. The summed E-state index contributed by atoms with van der Waals surface area (Å²) in [6.45, 7) is 4.36. The Hall–Kier alpha value is -0.490. The van der Waals surface area contributed by atoms with Crippen LogP contribution in [-0.4, -0.2) is 0 Å². The standard InChI is InChI=1S/C13H17Cl/c1-3-13(8-9-13)12(14)11-6-4-10(2)5-7-11/h4-7,12H,3,8-9H2,1-2H3. The van der Waals surface area contributed by atoms with E-state index in [0.29, 0.717) is 5.41 Å². The molecule has 1 fully saturated rings. The maximum Gasteiger partial charge on any atom is 0.0641 e. The molecule has 0 N–H and O–H groups in total. The van der Waals surface area contributed by atoms with E-state index in [4.69, 9.17) is 11.6 Å². The molecular weight excluding hydrogens is 192 g/mol. The van der Waals surface area contributed by atoms with Crippen LogP contribution in [0.15, 0.2) is 24.3 Å². The summed E-state index contributed by atoms with van der Waals surface area (Å²) < 4.78 is 0. The van der Waals surface area contributed by atoms with Crippen LogP contribution in [0.2, 0.25) is 0 Å². The summed E-state index contributed by atoms with van der Waals surface area (Å²) in [5, 5.41) is 0.216. The maximum absolute atomic E-state index is 6.51. The molecule has 1 aromatic rings. The van der Waals surface area contributed by atoms with Crippen LogP contribution < -0.4 is 0 Å². The van der Waals surface area contributed by atoms with Gasteiger partial charge in [0.1, 0.15) is 0 Å². The first kappa shape index (κ1) is 10.0. The minimum absolute atomic E-state index is 0.216. The lowest BCUT2D eigenvalue weighted by molar-refractivity contribution is 0.472. The van der Waals surface area contributed by atoms with E-state index in [1.54, 1.807) is 0 Å². The molecule has 0 nitrogen and oxygen atoms in total. The fourth-order valence-electron chi connectivity index (χ4n) is 2.04. The molecule has 0 saturated heterocycles. The number of aryl methyl sites for hydroxylation is 1. The number of benzene rings is 1. The third-order valence-corrected chi connectivity index (χ3v) is 4.22. The molecule has 2 rings (SSSR count). The minimum atomic E-state index is 0.216. The Bertz CT molecular complexity index is 309. The number of halogens is 1. The normalized spacial score (nSPS) is 20.5. The van der Waals surface area contributed by atoms with E-state index in [1.807, 2.05) is 0 Å². The van der Waals surface area contributed by atoms with E-state index >= 15 is 0 Å². The zero-order valence-corrected chi connectivity index (χ0v) is 9.64. The first-order valence-electron chi connectivity index (χ1n) is 5.38. The van der Waals surface area contributed by atoms with Crippen molar-refractivity contribution in [2.24, 2.45) is 5.41 Å². The Kier molecular flexibility index (Phi) is 2.57. The third-order valence-electron chi connectivity index (χ3n) is 3.50. The lowest BCUT2D eigenvalue weighted by atomic mass is 9.93. The van der Waals surface area contributed by atoms with E-state index in [1.165, 1.54) is 30.4 Å². The van der Waals surface area contributed by atoms with Gasteiger partial charge < -0.3 is 0 Å². The molecule has 1 aromatic carbocycles. The van der Waals surface area contributed by atoms with Gasteiger partial charge in [0.25, 0.3) is 0 Å². The fraction of sp³-hybridized carbons (Fsp3) is 0.538. The summed E-state index contributed by atoms with van der Waals surface area (Å²) in [6.07, 6.45) is 3.80. The lowest BCUT2D eigenvalue weighted by Crippen LogP contribution is -2.07. The van der Waals surface area contributed by atoms with Gasteiger partial charge >= 0.3 is 0 Å². The van der Waals surface area contributed by atoms with Gasteiger partial charge in [-0.1, -0.05) is 36.8 Å². The molecule has 1 aliphatic rings. The van der Waals surface area contributed by atoms with Crippen molar-refractivity contribution in [2.45, 2.75) is 38.5 Å². The summed E-state index contributed by atoms with van der Waals surface area (Å²) in [5.74, 6) is 0. The van der Waals surface area contributed by atoms with Crippen molar-refractivity contribution in [3.63, 3.8) is 0 Å². The maximum atomic E-state index is 6.51. The van der Waals surface area contributed by atoms with Gasteiger partial charge in [0.05, 0.1) is 5.38 Å². The van der Waals surface area contributed by atoms with Gasteiger partial charge in [-0.3, -0.25) is 0 Å².